The Balaban J connectivity index is 1.79. The van der Waals surface area contributed by atoms with Gasteiger partial charge in [-0.2, -0.15) is 0 Å². The van der Waals surface area contributed by atoms with E-state index in [2.05, 4.69) is 21.0 Å². The Morgan fingerprint density at radius 1 is 1.08 bits per heavy atom. The predicted octanol–water partition coefficient (Wildman–Crippen LogP) is 3.68. The van der Waals surface area contributed by atoms with Gasteiger partial charge in [0.1, 0.15) is 11.3 Å². The van der Waals surface area contributed by atoms with Gasteiger partial charge in [0.25, 0.3) is 0 Å². The van der Waals surface area contributed by atoms with Crippen LogP contribution in [0.25, 0.3) is 33.8 Å². The molecule has 0 spiro atoms. The van der Waals surface area contributed by atoms with Gasteiger partial charge in [-0.15, -0.1) is 0 Å². The number of aromatic nitrogens is 3. The zero-order valence-corrected chi connectivity index (χ0v) is 13.6. The van der Waals surface area contributed by atoms with E-state index in [-0.39, 0.29) is 0 Å². The molecule has 0 aliphatic carbocycles. The van der Waals surface area contributed by atoms with E-state index < -0.39 is 0 Å². The molecule has 0 amide bonds. The van der Waals surface area contributed by atoms with Gasteiger partial charge in [0, 0.05) is 25.1 Å². The minimum Gasteiger partial charge on any atom is -0.418 e. The van der Waals surface area contributed by atoms with Crippen LogP contribution in [-0.4, -0.2) is 22.1 Å². The molecule has 3 aromatic heterocycles. The lowest BCUT2D eigenvalue weighted by atomic mass is 10.0. The van der Waals surface area contributed by atoms with Crippen LogP contribution in [-0.2, 0) is 11.3 Å². The monoisotopic (exact) mass is 332 g/mol. The molecule has 25 heavy (non-hydrogen) atoms. The van der Waals surface area contributed by atoms with Crippen molar-refractivity contribution >= 4 is 17.0 Å². The molecule has 0 saturated carbocycles. The molecule has 1 aromatic carbocycles. The number of nitrogen functional groups attached to an aromatic ring is 1. The number of ether oxygens (including phenoxy) is 1. The first-order valence-electron chi connectivity index (χ1n) is 7.80. The number of anilines is 1. The third-order valence-electron chi connectivity index (χ3n) is 3.89. The van der Waals surface area contributed by atoms with Gasteiger partial charge < -0.3 is 14.9 Å². The fourth-order valence-electron chi connectivity index (χ4n) is 2.70. The largest absolute Gasteiger partial charge is 0.418 e. The quantitative estimate of drug-likeness (QED) is 0.613. The highest BCUT2D eigenvalue weighted by Gasteiger charge is 2.14. The summed E-state index contributed by atoms with van der Waals surface area (Å²) in [5.41, 5.74) is 10.9. The zero-order valence-electron chi connectivity index (χ0n) is 13.6. The Labute approximate surface area is 144 Å². The van der Waals surface area contributed by atoms with Crippen LogP contribution in [0.5, 0.6) is 0 Å². The second kappa shape index (κ2) is 6.33. The summed E-state index contributed by atoms with van der Waals surface area (Å²) in [5.74, 6) is 0.775. The van der Waals surface area contributed by atoms with Gasteiger partial charge in [0.2, 0.25) is 11.6 Å². The zero-order chi connectivity index (χ0) is 17.2. The van der Waals surface area contributed by atoms with E-state index >= 15 is 0 Å². The fourth-order valence-corrected chi connectivity index (χ4v) is 2.70. The number of methoxy groups -OCH3 is 1. The molecule has 6 heteroatoms. The summed E-state index contributed by atoms with van der Waals surface area (Å²) in [6.45, 7) is 0.555. The maximum atomic E-state index is 6.05. The summed E-state index contributed by atoms with van der Waals surface area (Å²) in [5, 5.41) is 0. The van der Waals surface area contributed by atoms with Gasteiger partial charge >= 0.3 is 0 Å². The van der Waals surface area contributed by atoms with Crippen molar-refractivity contribution in [2.24, 2.45) is 0 Å². The molecule has 0 saturated heterocycles. The van der Waals surface area contributed by atoms with Gasteiger partial charge in [0.05, 0.1) is 12.2 Å². The molecule has 0 fully saturated rings. The SMILES string of the molecule is COCc1cccc(-c2cnc(N)c(-c3nc4cccnc4o3)c2)c1. The molecule has 4 aromatic rings. The number of oxazole rings is 1. The first-order valence-corrected chi connectivity index (χ1v) is 7.80. The molecule has 3 heterocycles. The first-order chi connectivity index (χ1) is 12.2. The molecule has 0 radical (unpaired) electrons. The molecular formula is C19H16N4O2. The lowest BCUT2D eigenvalue weighted by Gasteiger charge is -2.07. The smallest absolute Gasteiger partial charge is 0.247 e. The average molecular weight is 332 g/mol. The van der Waals surface area contributed by atoms with Crippen LogP contribution in [0.2, 0.25) is 0 Å². The Hall–Kier alpha value is -3.25. The van der Waals surface area contributed by atoms with Gasteiger partial charge in [0.15, 0.2) is 0 Å². The van der Waals surface area contributed by atoms with Crippen molar-refractivity contribution in [3.63, 3.8) is 0 Å². The summed E-state index contributed by atoms with van der Waals surface area (Å²) in [6, 6.07) is 13.7. The van der Waals surface area contributed by atoms with E-state index in [0.29, 0.717) is 35.1 Å². The lowest BCUT2D eigenvalue weighted by molar-refractivity contribution is 0.185. The molecule has 0 atom stereocenters. The molecule has 0 bridgehead atoms. The summed E-state index contributed by atoms with van der Waals surface area (Å²) in [6.07, 6.45) is 3.41. The molecule has 124 valence electrons. The van der Waals surface area contributed by atoms with Crippen molar-refractivity contribution in [2.45, 2.75) is 6.61 Å². The van der Waals surface area contributed by atoms with Crippen molar-refractivity contribution in [3.8, 4) is 22.6 Å². The molecule has 6 nitrogen and oxygen atoms in total. The Morgan fingerprint density at radius 3 is 2.84 bits per heavy atom. The van der Waals surface area contributed by atoms with E-state index in [4.69, 9.17) is 14.9 Å². The Kier molecular flexibility index (Phi) is 3.87. The van der Waals surface area contributed by atoms with Crippen LogP contribution in [0.3, 0.4) is 0 Å². The molecular weight excluding hydrogens is 316 g/mol. The molecule has 4 rings (SSSR count). The second-order valence-electron chi connectivity index (χ2n) is 5.64. The third kappa shape index (κ3) is 2.95. The van der Waals surface area contributed by atoms with Gasteiger partial charge in [-0.25, -0.2) is 15.0 Å². The molecule has 0 aliphatic rings. The standard InChI is InChI=1S/C19H16N4O2/c1-24-11-12-4-2-5-13(8-12)14-9-15(17(20)22-10-14)18-23-16-6-3-7-21-19(16)25-18/h2-10H,11H2,1H3,(H2,20,22). The van der Waals surface area contributed by atoms with Gasteiger partial charge in [-0.05, 0) is 35.4 Å². The number of fused-ring (bicyclic) bond motifs is 1. The molecule has 0 aliphatic heterocycles. The number of hydrogen-bond donors (Lipinski definition) is 1. The van der Waals surface area contributed by atoms with Crippen molar-refractivity contribution in [1.82, 2.24) is 15.0 Å². The number of nitrogens with zero attached hydrogens (tertiary/aromatic N) is 3. The van der Waals surface area contributed by atoms with Crippen LogP contribution >= 0.6 is 0 Å². The molecule has 0 unspecified atom stereocenters. The average Bonchev–Trinajstić information content (AvgIpc) is 3.06. The van der Waals surface area contributed by atoms with Crippen molar-refractivity contribution < 1.29 is 9.15 Å². The summed E-state index contributed by atoms with van der Waals surface area (Å²) in [4.78, 5) is 12.9. The normalized spacial score (nSPS) is 11.1. The van der Waals surface area contributed by atoms with Crippen LogP contribution < -0.4 is 5.73 Å². The number of benzene rings is 1. The van der Waals surface area contributed by atoms with Crippen LogP contribution in [0.15, 0.2) is 59.3 Å². The summed E-state index contributed by atoms with van der Waals surface area (Å²) in [7, 11) is 1.68. The number of rotatable bonds is 4. The highest BCUT2D eigenvalue weighted by Crippen LogP contribution is 2.31. The van der Waals surface area contributed by atoms with E-state index in [0.717, 1.165) is 16.7 Å². The van der Waals surface area contributed by atoms with Crippen LogP contribution in [0, 0.1) is 0 Å². The maximum absolute atomic E-state index is 6.05. The van der Waals surface area contributed by atoms with E-state index in [9.17, 15) is 0 Å². The van der Waals surface area contributed by atoms with Crippen molar-refractivity contribution in [3.05, 3.63) is 60.4 Å². The van der Waals surface area contributed by atoms with Crippen molar-refractivity contribution in [2.75, 3.05) is 12.8 Å². The highest BCUT2D eigenvalue weighted by atomic mass is 16.5. The number of hydrogen-bond acceptors (Lipinski definition) is 6. The van der Waals surface area contributed by atoms with Crippen LogP contribution in [0.1, 0.15) is 5.56 Å². The van der Waals surface area contributed by atoms with Gasteiger partial charge in [-0.1, -0.05) is 18.2 Å². The van der Waals surface area contributed by atoms with E-state index in [1.54, 1.807) is 19.5 Å². The lowest BCUT2D eigenvalue weighted by Crippen LogP contribution is -1.95. The first kappa shape index (κ1) is 15.3. The Bertz CT molecular complexity index is 1010. The summed E-state index contributed by atoms with van der Waals surface area (Å²) < 4.78 is 10.9. The number of nitrogens with two attached hydrogens (primary N) is 1. The predicted molar refractivity (Wildman–Crippen MR) is 95.6 cm³/mol. The highest BCUT2D eigenvalue weighted by molar-refractivity contribution is 5.79. The fraction of sp³-hybridized carbons (Fsp3) is 0.105. The van der Waals surface area contributed by atoms with Crippen molar-refractivity contribution in [1.29, 1.82) is 0 Å². The van der Waals surface area contributed by atoms with Gasteiger partial charge in [-0.3, -0.25) is 0 Å². The third-order valence-corrected chi connectivity index (χ3v) is 3.89. The topological polar surface area (TPSA) is 87.1 Å². The van der Waals surface area contributed by atoms with E-state index in [1.807, 2.05) is 36.4 Å². The molecule has 2 N–H and O–H groups in total. The maximum Gasteiger partial charge on any atom is 0.247 e. The second-order valence-corrected chi connectivity index (χ2v) is 5.64. The minimum absolute atomic E-state index is 0.364. The summed E-state index contributed by atoms with van der Waals surface area (Å²) >= 11 is 0. The van der Waals surface area contributed by atoms with E-state index in [1.165, 1.54) is 0 Å². The Morgan fingerprint density at radius 2 is 2.00 bits per heavy atom. The number of pyridine rings is 2. The minimum atomic E-state index is 0.364. The van der Waals surface area contributed by atoms with Crippen LogP contribution in [0.4, 0.5) is 5.82 Å².